The fourth-order valence-corrected chi connectivity index (χ4v) is 4.39. The lowest BCUT2D eigenvalue weighted by Crippen LogP contribution is -2.10. The van der Waals surface area contributed by atoms with Gasteiger partial charge < -0.3 is 4.74 Å². The van der Waals surface area contributed by atoms with Crippen molar-refractivity contribution in [1.29, 1.82) is 0 Å². The number of esters is 1. The molecule has 3 atom stereocenters. The summed E-state index contributed by atoms with van der Waals surface area (Å²) in [4.78, 5) is 12.5. The summed E-state index contributed by atoms with van der Waals surface area (Å²) < 4.78 is 56.1. The lowest BCUT2D eigenvalue weighted by Gasteiger charge is -2.11. The van der Waals surface area contributed by atoms with Crippen molar-refractivity contribution in [3.05, 3.63) is 35.9 Å². The van der Waals surface area contributed by atoms with Gasteiger partial charge in [-0.1, -0.05) is 25.1 Å². The topological polar surface area (TPSA) is 60.4 Å². The Bertz CT molecular complexity index is 746. The molecule has 0 spiro atoms. The summed E-state index contributed by atoms with van der Waals surface area (Å²) >= 11 is 0. The first-order chi connectivity index (χ1) is 12.3. The monoisotopic (exact) mass is 386 g/mol. The van der Waals surface area contributed by atoms with Crippen LogP contribution in [-0.2, 0) is 19.4 Å². The molecule has 26 heavy (non-hydrogen) atoms. The zero-order valence-corrected chi connectivity index (χ0v) is 15.8. The van der Waals surface area contributed by atoms with Gasteiger partial charge in [0.05, 0.1) is 22.8 Å². The van der Waals surface area contributed by atoms with Crippen molar-refractivity contribution in [3.63, 3.8) is 0 Å². The molecule has 0 amide bonds. The van der Waals surface area contributed by atoms with E-state index in [1.54, 1.807) is 19.9 Å². The highest BCUT2D eigenvalue weighted by Gasteiger charge is 2.34. The number of rotatable bonds is 7. The van der Waals surface area contributed by atoms with E-state index in [1.165, 1.54) is 24.3 Å². The molecule has 0 saturated heterocycles. The van der Waals surface area contributed by atoms with Crippen LogP contribution < -0.4 is 0 Å². The Kier molecular flexibility index (Phi) is 6.92. The van der Waals surface area contributed by atoms with Crippen LogP contribution in [-0.4, -0.2) is 39.1 Å². The average molecular weight is 386 g/mol. The maximum Gasteiger partial charge on any atom is 0.338 e. The largest absolute Gasteiger partial charge is 0.462 e. The van der Waals surface area contributed by atoms with Crippen molar-refractivity contribution in [2.24, 2.45) is 5.92 Å². The molecule has 0 radical (unpaired) electrons. The predicted octanol–water partition coefficient (Wildman–Crippen LogP) is 3.90. The summed E-state index contributed by atoms with van der Waals surface area (Å²) in [7, 11) is -3.36. The number of alkyl halides is 2. The number of hydrogen-bond acceptors (Lipinski definition) is 4. The van der Waals surface area contributed by atoms with Crippen LogP contribution in [0, 0.1) is 5.92 Å². The Morgan fingerprint density at radius 3 is 2.23 bits per heavy atom. The molecule has 0 heterocycles. The SMILES string of the molecule is CCCS(=O)(=O)c1ccc(/C(=C\[C@H]2C[C@@H](F)[C@@H](F)C2)C(=O)OCC)cc1. The molecule has 1 aliphatic rings. The molecule has 1 aromatic rings. The molecule has 0 aromatic heterocycles. The fourth-order valence-electron chi connectivity index (χ4n) is 3.06. The number of ether oxygens (including phenoxy) is 1. The van der Waals surface area contributed by atoms with Gasteiger partial charge in [0.2, 0.25) is 0 Å². The van der Waals surface area contributed by atoms with Crippen LogP contribution in [0.5, 0.6) is 0 Å². The van der Waals surface area contributed by atoms with Crippen LogP contribution in [0.25, 0.3) is 5.57 Å². The van der Waals surface area contributed by atoms with E-state index in [4.69, 9.17) is 4.74 Å². The van der Waals surface area contributed by atoms with Crippen molar-refractivity contribution in [2.45, 2.75) is 50.3 Å². The Hall–Kier alpha value is -1.76. The number of carbonyl (C=O) groups excluding carboxylic acids is 1. The van der Waals surface area contributed by atoms with Crippen LogP contribution in [0.3, 0.4) is 0 Å². The minimum Gasteiger partial charge on any atom is -0.462 e. The molecule has 1 aromatic carbocycles. The van der Waals surface area contributed by atoms with Crippen LogP contribution in [0.1, 0.15) is 38.7 Å². The lowest BCUT2D eigenvalue weighted by atomic mass is 9.98. The zero-order valence-electron chi connectivity index (χ0n) is 15.0. The van der Waals surface area contributed by atoms with E-state index in [2.05, 4.69) is 0 Å². The van der Waals surface area contributed by atoms with Crippen molar-refractivity contribution >= 4 is 21.4 Å². The van der Waals surface area contributed by atoms with Crippen molar-refractivity contribution in [1.82, 2.24) is 0 Å². The van der Waals surface area contributed by atoms with E-state index in [0.717, 1.165) is 0 Å². The van der Waals surface area contributed by atoms with Crippen LogP contribution in [0.15, 0.2) is 35.2 Å². The van der Waals surface area contributed by atoms with E-state index in [9.17, 15) is 22.0 Å². The summed E-state index contributed by atoms with van der Waals surface area (Å²) in [5.41, 5.74) is 0.675. The Labute approximate surface area is 153 Å². The maximum absolute atomic E-state index is 13.4. The molecule has 0 N–H and O–H groups in total. The summed E-state index contributed by atoms with van der Waals surface area (Å²) in [5.74, 6) is -0.942. The summed E-state index contributed by atoms with van der Waals surface area (Å²) in [6, 6.07) is 5.94. The molecule has 1 saturated carbocycles. The predicted molar refractivity (Wildman–Crippen MR) is 95.9 cm³/mol. The highest BCUT2D eigenvalue weighted by atomic mass is 32.2. The molecule has 7 heteroatoms. The van der Waals surface area contributed by atoms with E-state index in [0.29, 0.717) is 12.0 Å². The van der Waals surface area contributed by atoms with E-state index in [-0.39, 0.29) is 35.7 Å². The molecule has 1 aliphatic carbocycles. The summed E-state index contributed by atoms with van der Waals surface area (Å²) in [5, 5.41) is 0. The molecule has 2 rings (SSSR count). The molecule has 1 fully saturated rings. The maximum atomic E-state index is 13.4. The second kappa shape index (κ2) is 8.75. The van der Waals surface area contributed by atoms with E-state index >= 15 is 0 Å². The van der Waals surface area contributed by atoms with Crippen molar-refractivity contribution < 1.29 is 26.7 Å². The Balaban J connectivity index is 2.33. The van der Waals surface area contributed by atoms with Crippen LogP contribution >= 0.6 is 0 Å². The average Bonchev–Trinajstić information content (AvgIpc) is 2.91. The standard InChI is InChI=1S/C19H24F2O4S/c1-3-9-26(23,24)15-7-5-14(6-8-15)16(19(22)25-4-2)10-13-11-17(20)18(21)12-13/h5-8,10,13,17-18H,3-4,9,11-12H2,1-2H3/b16-10+/t13-,17+,18-. The van der Waals surface area contributed by atoms with Gasteiger partial charge in [0.1, 0.15) is 12.3 Å². The van der Waals surface area contributed by atoms with Gasteiger partial charge in [0, 0.05) is 0 Å². The minimum atomic E-state index is -3.36. The third-order valence-corrected chi connectivity index (χ3v) is 6.28. The highest BCUT2D eigenvalue weighted by molar-refractivity contribution is 7.91. The van der Waals surface area contributed by atoms with Crippen molar-refractivity contribution in [2.75, 3.05) is 12.4 Å². The van der Waals surface area contributed by atoms with Gasteiger partial charge in [-0.3, -0.25) is 0 Å². The molecule has 0 bridgehead atoms. The fraction of sp³-hybridized carbons (Fsp3) is 0.526. The number of halogens is 2. The van der Waals surface area contributed by atoms with Gasteiger partial charge in [-0.2, -0.15) is 0 Å². The first-order valence-corrected chi connectivity index (χ1v) is 10.4. The normalized spacial score (nSPS) is 23.8. The highest BCUT2D eigenvalue weighted by Crippen LogP contribution is 2.34. The molecule has 144 valence electrons. The Morgan fingerprint density at radius 1 is 1.15 bits per heavy atom. The molecule has 0 unspecified atom stereocenters. The number of carbonyl (C=O) groups is 1. The first-order valence-electron chi connectivity index (χ1n) is 8.78. The van der Waals surface area contributed by atoms with Gasteiger partial charge >= 0.3 is 5.97 Å². The quantitative estimate of drug-likeness (QED) is 0.527. The molecule has 4 nitrogen and oxygen atoms in total. The number of hydrogen-bond donors (Lipinski definition) is 0. The summed E-state index contributed by atoms with van der Waals surface area (Å²) in [6.45, 7) is 3.62. The second-order valence-corrected chi connectivity index (χ2v) is 8.52. The van der Waals surface area contributed by atoms with Gasteiger partial charge in [-0.05, 0) is 49.8 Å². The van der Waals surface area contributed by atoms with Gasteiger partial charge in [-0.25, -0.2) is 22.0 Å². The third kappa shape index (κ3) is 4.90. The lowest BCUT2D eigenvalue weighted by molar-refractivity contribution is -0.136. The molecular formula is C19H24F2O4S. The number of allylic oxidation sites excluding steroid dienone is 1. The van der Waals surface area contributed by atoms with Crippen LogP contribution in [0.4, 0.5) is 8.78 Å². The van der Waals surface area contributed by atoms with Gasteiger partial charge in [-0.15, -0.1) is 0 Å². The van der Waals surface area contributed by atoms with Crippen molar-refractivity contribution in [3.8, 4) is 0 Å². The summed E-state index contributed by atoms with van der Waals surface area (Å²) in [6.07, 6.45) is -0.962. The van der Waals surface area contributed by atoms with Gasteiger partial charge in [0.25, 0.3) is 0 Å². The van der Waals surface area contributed by atoms with E-state index < -0.39 is 34.1 Å². The molecule has 0 aliphatic heterocycles. The second-order valence-electron chi connectivity index (χ2n) is 6.41. The van der Waals surface area contributed by atoms with E-state index in [1.807, 2.05) is 0 Å². The minimum absolute atomic E-state index is 0.0209. The number of sulfone groups is 1. The zero-order chi connectivity index (χ0) is 19.3. The molecular weight excluding hydrogens is 362 g/mol. The Morgan fingerprint density at radius 2 is 1.73 bits per heavy atom. The smallest absolute Gasteiger partial charge is 0.338 e. The van der Waals surface area contributed by atoms with Crippen LogP contribution in [0.2, 0.25) is 0 Å². The van der Waals surface area contributed by atoms with Gasteiger partial charge in [0.15, 0.2) is 9.84 Å². The first kappa shape index (κ1) is 20.6. The number of benzene rings is 1. The third-order valence-electron chi connectivity index (χ3n) is 4.34.